The van der Waals surface area contributed by atoms with Gasteiger partial charge in [0.05, 0.1) is 16.2 Å². The molecule has 0 bridgehead atoms. The quantitative estimate of drug-likeness (QED) is 0.576. The van der Waals surface area contributed by atoms with Crippen molar-refractivity contribution in [1.29, 1.82) is 0 Å². The second-order valence-corrected chi connectivity index (χ2v) is 9.72. The van der Waals surface area contributed by atoms with Gasteiger partial charge < -0.3 is 5.32 Å². The summed E-state index contributed by atoms with van der Waals surface area (Å²) in [5.41, 5.74) is 3.45. The predicted octanol–water partition coefficient (Wildman–Crippen LogP) is 3.41. The third kappa shape index (κ3) is 4.02. The molecule has 7 nitrogen and oxygen atoms in total. The molecule has 0 fully saturated rings. The van der Waals surface area contributed by atoms with E-state index in [-0.39, 0.29) is 21.9 Å². The lowest BCUT2D eigenvalue weighted by atomic mass is 10.1. The van der Waals surface area contributed by atoms with Crippen molar-refractivity contribution in [3.63, 3.8) is 0 Å². The van der Waals surface area contributed by atoms with Crippen LogP contribution in [0.25, 0.3) is 5.57 Å². The van der Waals surface area contributed by atoms with E-state index in [1.165, 1.54) is 35.6 Å². The van der Waals surface area contributed by atoms with Gasteiger partial charge in [0.2, 0.25) is 10.0 Å². The summed E-state index contributed by atoms with van der Waals surface area (Å²) in [6.07, 6.45) is 0. The summed E-state index contributed by atoms with van der Waals surface area (Å²) in [6.45, 7) is 3.90. The smallest absolute Gasteiger partial charge is 0.282 e. The van der Waals surface area contributed by atoms with Gasteiger partial charge in [0, 0.05) is 10.6 Å². The zero-order valence-corrected chi connectivity index (χ0v) is 18.4. The lowest BCUT2D eigenvalue weighted by molar-refractivity contribution is -0.120. The maximum atomic E-state index is 13.3. The number of hydrogen-bond donors (Lipinski definition) is 2. The summed E-state index contributed by atoms with van der Waals surface area (Å²) >= 11 is 1.36. The molecule has 1 aliphatic rings. The van der Waals surface area contributed by atoms with Gasteiger partial charge in [-0.2, -0.15) is 0 Å². The van der Waals surface area contributed by atoms with Crippen LogP contribution in [-0.2, 0) is 19.6 Å². The Morgan fingerprint density at radius 2 is 1.58 bits per heavy atom. The normalized spacial score (nSPS) is 14.5. The second kappa shape index (κ2) is 7.77. The highest BCUT2D eigenvalue weighted by atomic mass is 32.2. The molecule has 2 heterocycles. The van der Waals surface area contributed by atoms with Crippen molar-refractivity contribution in [2.24, 2.45) is 5.14 Å². The maximum Gasteiger partial charge on any atom is 0.282 e. The Labute approximate surface area is 183 Å². The van der Waals surface area contributed by atoms with Gasteiger partial charge >= 0.3 is 0 Å². The van der Waals surface area contributed by atoms with Crippen LogP contribution < -0.4 is 15.4 Å². The van der Waals surface area contributed by atoms with E-state index >= 15 is 0 Å². The topological polar surface area (TPSA) is 110 Å². The number of imide groups is 1. The largest absolute Gasteiger partial charge is 0.350 e. The molecule has 2 aromatic carbocycles. The Morgan fingerprint density at radius 3 is 2.13 bits per heavy atom. The van der Waals surface area contributed by atoms with Crippen LogP contribution in [0.15, 0.2) is 70.6 Å². The highest BCUT2D eigenvalue weighted by Gasteiger charge is 2.40. The SMILES string of the molecule is Cc1cc(C)cc(NC2=C(c3cccs3)C(=O)N(c3ccc(S(N)(=O)=O)cc3)C2=O)c1. The molecular weight excluding hydrogens is 434 g/mol. The number of nitrogens with zero attached hydrogens (tertiary/aromatic N) is 1. The molecule has 4 rings (SSSR count). The van der Waals surface area contributed by atoms with E-state index < -0.39 is 21.8 Å². The van der Waals surface area contributed by atoms with Crippen molar-refractivity contribution in [3.05, 3.63) is 81.7 Å². The second-order valence-electron chi connectivity index (χ2n) is 7.21. The number of benzene rings is 2. The fraction of sp³-hybridized carbons (Fsp3) is 0.0909. The molecule has 1 aromatic heterocycles. The minimum atomic E-state index is -3.89. The van der Waals surface area contributed by atoms with Gasteiger partial charge in [-0.25, -0.2) is 18.5 Å². The van der Waals surface area contributed by atoms with Crippen LogP contribution in [0.2, 0.25) is 0 Å². The monoisotopic (exact) mass is 453 g/mol. The number of carbonyl (C=O) groups is 2. The van der Waals surface area contributed by atoms with Crippen molar-refractivity contribution in [2.45, 2.75) is 18.7 Å². The molecule has 0 spiro atoms. The van der Waals surface area contributed by atoms with Crippen LogP contribution in [0.1, 0.15) is 16.0 Å². The van der Waals surface area contributed by atoms with Gasteiger partial charge in [0.25, 0.3) is 11.8 Å². The third-order valence-electron chi connectivity index (χ3n) is 4.77. The van der Waals surface area contributed by atoms with E-state index in [4.69, 9.17) is 5.14 Å². The van der Waals surface area contributed by atoms with Crippen molar-refractivity contribution >= 4 is 50.1 Å². The number of aryl methyl sites for hydroxylation is 2. The highest BCUT2D eigenvalue weighted by Crippen LogP contribution is 2.36. The molecule has 0 radical (unpaired) electrons. The molecule has 1 aliphatic heterocycles. The molecular formula is C22H19N3O4S2. The minimum Gasteiger partial charge on any atom is -0.350 e. The van der Waals surface area contributed by atoms with Crippen LogP contribution in [0, 0.1) is 13.8 Å². The number of sulfonamides is 1. The Balaban J connectivity index is 1.77. The number of carbonyl (C=O) groups excluding carboxylic acids is 2. The van der Waals surface area contributed by atoms with Gasteiger partial charge in [-0.1, -0.05) is 12.1 Å². The molecule has 0 atom stereocenters. The van der Waals surface area contributed by atoms with Crippen LogP contribution in [0.4, 0.5) is 11.4 Å². The standard InChI is InChI=1S/C22H19N3O4S2/c1-13-10-14(2)12-15(11-13)24-20-19(18-4-3-9-30-18)21(26)25(22(20)27)16-5-7-17(8-6-16)31(23,28)29/h3-12,24H,1-2H3,(H2,23,28,29). The first-order chi connectivity index (χ1) is 14.6. The third-order valence-corrected chi connectivity index (χ3v) is 6.58. The molecule has 158 valence electrons. The molecule has 0 unspecified atom stereocenters. The van der Waals surface area contributed by atoms with Gasteiger partial charge in [-0.15, -0.1) is 11.3 Å². The van der Waals surface area contributed by atoms with E-state index in [1.54, 1.807) is 6.07 Å². The van der Waals surface area contributed by atoms with Crippen molar-refractivity contribution in [2.75, 3.05) is 10.2 Å². The van der Waals surface area contributed by atoms with Crippen molar-refractivity contribution in [3.8, 4) is 0 Å². The zero-order valence-electron chi connectivity index (χ0n) is 16.7. The Morgan fingerprint density at radius 1 is 0.935 bits per heavy atom. The van der Waals surface area contributed by atoms with Crippen LogP contribution >= 0.6 is 11.3 Å². The Kier molecular flexibility index (Phi) is 5.26. The van der Waals surface area contributed by atoms with Crippen molar-refractivity contribution < 1.29 is 18.0 Å². The molecule has 0 aliphatic carbocycles. The van der Waals surface area contributed by atoms with Gasteiger partial charge in [0.1, 0.15) is 5.70 Å². The molecule has 3 N–H and O–H groups in total. The Hall–Kier alpha value is -3.27. The molecule has 0 saturated heterocycles. The zero-order chi connectivity index (χ0) is 22.3. The fourth-order valence-corrected chi connectivity index (χ4v) is 4.79. The molecule has 31 heavy (non-hydrogen) atoms. The first kappa shape index (κ1) is 21.0. The number of primary sulfonamides is 1. The summed E-state index contributed by atoms with van der Waals surface area (Å²) in [6, 6.07) is 14.7. The maximum absolute atomic E-state index is 13.3. The molecule has 0 saturated carbocycles. The summed E-state index contributed by atoms with van der Waals surface area (Å²) in [5, 5.41) is 10.1. The number of nitrogens with two attached hydrogens (primary N) is 1. The molecule has 3 aromatic rings. The summed E-state index contributed by atoms with van der Waals surface area (Å²) in [4.78, 5) is 28.2. The first-order valence-corrected chi connectivity index (χ1v) is 11.7. The van der Waals surface area contributed by atoms with Crippen LogP contribution in [0.3, 0.4) is 0 Å². The minimum absolute atomic E-state index is 0.102. The predicted molar refractivity (Wildman–Crippen MR) is 121 cm³/mol. The van der Waals surface area contributed by atoms with E-state index in [9.17, 15) is 18.0 Å². The lowest BCUT2D eigenvalue weighted by Crippen LogP contribution is -2.32. The van der Waals surface area contributed by atoms with Crippen LogP contribution in [0.5, 0.6) is 0 Å². The summed E-state index contributed by atoms with van der Waals surface area (Å²) in [7, 11) is -3.89. The number of amides is 2. The van der Waals surface area contributed by atoms with E-state index in [0.29, 0.717) is 10.6 Å². The highest BCUT2D eigenvalue weighted by molar-refractivity contribution is 7.89. The van der Waals surface area contributed by atoms with Crippen LogP contribution in [-0.4, -0.2) is 20.2 Å². The summed E-state index contributed by atoms with van der Waals surface area (Å²) in [5.74, 6) is -1.00. The van der Waals surface area contributed by atoms with E-state index in [2.05, 4.69) is 5.32 Å². The van der Waals surface area contributed by atoms with E-state index in [0.717, 1.165) is 16.0 Å². The first-order valence-electron chi connectivity index (χ1n) is 9.30. The number of rotatable bonds is 5. The molecule has 9 heteroatoms. The number of hydrogen-bond acceptors (Lipinski definition) is 6. The summed E-state index contributed by atoms with van der Waals surface area (Å²) < 4.78 is 23.1. The lowest BCUT2D eigenvalue weighted by Gasteiger charge is -2.16. The molecule has 2 amide bonds. The van der Waals surface area contributed by atoms with Crippen molar-refractivity contribution in [1.82, 2.24) is 0 Å². The average Bonchev–Trinajstić information content (AvgIpc) is 3.28. The number of thiophene rings is 1. The number of anilines is 2. The Bertz CT molecular complexity index is 1310. The fourth-order valence-electron chi connectivity index (χ4n) is 3.51. The van der Waals surface area contributed by atoms with Gasteiger partial charge in [0.15, 0.2) is 0 Å². The number of nitrogens with one attached hydrogen (secondary N) is 1. The van der Waals surface area contributed by atoms with E-state index in [1.807, 2.05) is 43.5 Å². The van der Waals surface area contributed by atoms with Gasteiger partial charge in [-0.3, -0.25) is 9.59 Å². The van der Waals surface area contributed by atoms with Gasteiger partial charge in [-0.05, 0) is 72.8 Å². The average molecular weight is 454 g/mol.